The number of hydrazine groups is 1. The van der Waals surface area contributed by atoms with Gasteiger partial charge < -0.3 is 0 Å². The van der Waals surface area contributed by atoms with Crippen molar-refractivity contribution < 1.29 is 4.79 Å². The Morgan fingerprint density at radius 3 is 2.92 bits per heavy atom. The van der Waals surface area contributed by atoms with Gasteiger partial charge in [-0.15, -0.1) is 0 Å². The Morgan fingerprint density at radius 2 is 2.31 bits per heavy atom. The van der Waals surface area contributed by atoms with Gasteiger partial charge in [0.1, 0.15) is 0 Å². The van der Waals surface area contributed by atoms with Crippen molar-refractivity contribution in [3.05, 3.63) is 41.5 Å². The molecule has 3 heteroatoms. The van der Waals surface area contributed by atoms with Crippen LogP contribution in [0.2, 0.25) is 0 Å². The summed E-state index contributed by atoms with van der Waals surface area (Å²) in [6.07, 6.45) is 3.12. The number of amides is 1. The molecule has 1 aromatic rings. The Kier molecular flexibility index (Phi) is 3.23. The molecule has 1 rings (SSSR count). The van der Waals surface area contributed by atoms with E-state index in [9.17, 15) is 4.79 Å². The monoisotopic (exact) mass is 176 g/mol. The summed E-state index contributed by atoms with van der Waals surface area (Å²) in [6, 6.07) is 7.85. The molecule has 0 aromatic heterocycles. The van der Waals surface area contributed by atoms with Crippen molar-refractivity contribution in [2.45, 2.75) is 6.92 Å². The molecule has 0 spiro atoms. The van der Waals surface area contributed by atoms with Gasteiger partial charge in [-0.3, -0.25) is 10.2 Å². The van der Waals surface area contributed by atoms with Gasteiger partial charge in [-0.05, 0) is 18.6 Å². The Balaban J connectivity index is 2.74. The molecule has 0 unspecified atom stereocenters. The Labute approximate surface area is 77.2 Å². The molecule has 1 amide bonds. The first-order chi connectivity index (χ1) is 6.22. The Bertz CT molecular complexity index is 331. The van der Waals surface area contributed by atoms with E-state index in [0.29, 0.717) is 0 Å². The second-order valence-corrected chi connectivity index (χ2v) is 2.76. The normalized spacial score (nSPS) is 10.3. The van der Waals surface area contributed by atoms with E-state index in [-0.39, 0.29) is 5.91 Å². The first kappa shape index (κ1) is 9.48. The maximum absolute atomic E-state index is 10.7. The lowest BCUT2D eigenvalue weighted by Crippen LogP contribution is -2.27. The van der Waals surface area contributed by atoms with Crippen molar-refractivity contribution in [1.82, 2.24) is 5.43 Å². The van der Waals surface area contributed by atoms with Crippen LogP contribution >= 0.6 is 0 Å². The third-order valence-electron chi connectivity index (χ3n) is 1.61. The fraction of sp³-hybridized carbons (Fsp3) is 0.100. The lowest BCUT2D eigenvalue weighted by molar-refractivity contribution is -0.116. The van der Waals surface area contributed by atoms with Crippen molar-refractivity contribution in [1.29, 1.82) is 0 Å². The summed E-state index contributed by atoms with van der Waals surface area (Å²) >= 11 is 0. The molecule has 1 aromatic carbocycles. The fourth-order valence-corrected chi connectivity index (χ4v) is 0.994. The van der Waals surface area contributed by atoms with E-state index < -0.39 is 0 Å². The second-order valence-electron chi connectivity index (χ2n) is 2.76. The minimum absolute atomic E-state index is 0.304. The molecule has 0 fully saturated rings. The van der Waals surface area contributed by atoms with Crippen LogP contribution in [0.3, 0.4) is 0 Å². The predicted octanol–water partition coefficient (Wildman–Crippen LogP) is 0.998. The van der Waals surface area contributed by atoms with E-state index in [0.717, 1.165) is 11.1 Å². The molecule has 0 saturated carbocycles. The van der Waals surface area contributed by atoms with Gasteiger partial charge in [0.15, 0.2) is 0 Å². The SMILES string of the molecule is Cc1cccc(C=CC(=O)NN)c1. The van der Waals surface area contributed by atoms with Crippen molar-refractivity contribution in [3.8, 4) is 0 Å². The zero-order valence-corrected chi connectivity index (χ0v) is 7.45. The highest BCUT2D eigenvalue weighted by Crippen LogP contribution is 2.05. The average Bonchev–Trinajstić information content (AvgIpc) is 2.14. The standard InChI is InChI=1S/C10H12N2O/c1-8-3-2-4-9(7-8)5-6-10(13)12-11/h2-7H,11H2,1H3,(H,12,13). The molecule has 0 aliphatic rings. The van der Waals surface area contributed by atoms with Crippen LogP contribution < -0.4 is 11.3 Å². The van der Waals surface area contributed by atoms with Crippen molar-refractivity contribution in [2.75, 3.05) is 0 Å². The minimum atomic E-state index is -0.304. The number of aryl methyl sites for hydroxylation is 1. The maximum atomic E-state index is 10.7. The maximum Gasteiger partial charge on any atom is 0.257 e. The Hall–Kier alpha value is -1.61. The molecule has 0 heterocycles. The first-order valence-electron chi connectivity index (χ1n) is 3.97. The quantitative estimate of drug-likeness (QED) is 0.305. The van der Waals surface area contributed by atoms with E-state index in [1.54, 1.807) is 6.08 Å². The van der Waals surface area contributed by atoms with E-state index in [1.165, 1.54) is 6.08 Å². The second kappa shape index (κ2) is 4.42. The molecule has 0 atom stereocenters. The van der Waals surface area contributed by atoms with Crippen LogP contribution in [0.4, 0.5) is 0 Å². The molecule has 0 aliphatic carbocycles. The molecule has 68 valence electrons. The van der Waals surface area contributed by atoms with Gasteiger partial charge in [0.05, 0.1) is 0 Å². The number of carbonyl (C=O) groups is 1. The van der Waals surface area contributed by atoms with Crippen LogP contribution in [0.1, 0.15) is 11.1 Å². The number of nitrogens with one attached hydrogen (secondary N) is 1. The van der Waals surface area contributed by atoms with Crippen LogP contribution in [0.15, 0.2) is 30.3 Å². The zero-order valence-electron chi connectivity index (χ0n) is 7.45. The van der Waals surface area contributed by atoms with Crippen LogP contribution in [0, 0.1) is 6.92 Å². The molecular weight excluding hydrogens is 164 g/mol. The largest absolute Gasteiger partial charge is 0.291 e. The Morgan fingerprint density at radius 1 is 1.54 bits per heavy atom. The smallest absolute Gasteiger partial charge is 0.257 e. The average molecular weight is 176 g/mol. The molecule has 3 N–H and O–H groups in total. The van der Waals surface area contributed by atoms with Crippen LogP contribution in [0.25, 0.3) is 6.08 Å². The number of rotatable bonds is 2. The highest BCUT2D eigenvalue weighted by Gasteiger charge is 1.90. The molecule has 13 heavy (non-hydrogen) atoms. The highest BCUT2D eigenvalue weighted by atomic mass is 16.2. The summed E-state index contributed by atoms with van der Waals surface area (Å²) < 4.78 is 0. The number of hydrogen-bond donors (Lipinski definition) is 2. The predicted molar refractivity (Wildman–Crippen MR) is 52.5 cm³/mol. The van der Waals surface area contributed by atoms with E-state index in [1.807, 2.05) is 36.6 Å². The van der Waals surface area contributed by atoms with Crippen LogP contribution in [0.5, 0.6) is 0 Å². The lowest BCUT2D eigenvalue weighted by atomic mass is 10.1. The summed E-state index contributed by atoms with van der Waals surface area (Å²) in [7, 11) is 0. The van der Waals surface area contributed by atoms with Crippen LogP contribution in [-0.2, 0) is 4.79 Å². The van der Waals surface area contributed by atoms with Gasteiger partial charge in [-0.2, -0.15) is 0 Å². The molecular formula is C10H12N2O. The van der Waals surface area contributed by atoms with E-state index in [2.05, 4.69) is 0 Å². The van der Waals surface area contributed by atoms with Crippen molar-refractivity contribution in [3.63, 3.8) is 0 Å². The van der Waals surface area contributed by atoms with Gasteiger partial charge in [-0.1, -0.05) is 29.8 Å². The van der Waals surface area contributed by atoms with Gasteiger partial charge >= 0.3 is 0 Å². The highest BCUT2D eigenvalue weighted by molar-refractivity contribution is 5.91. The van der Waals surface area contributed by atoms with Gasteiger partial charge in [-0.25, -0.2) is 5.84 Å². The fourth-order valence-electron chi connectivity index (χ4n) is 0.994. The number of nitrogens with two attached hydrogens (primary N) is 1. The summed E-state index contributed by atoms with van der Waals surface area (Å²) in [5.74, 6) is 4.61. The molecule has 3 nitrogen and oxygen atoms in total. The van der Waals surface area contributed by atoms with E-state index >= 15 is 0 Å². The molecule has 0 radical (unpaired) electrons. The first-order valence-corrected chi connectivity index (χ1v) is 3.97. The zero-order chi connectivity index (χ0) is 9.68. The number of benzene rings is 1. The number of carbonyl (C=O) groups excluding carboxylic acids is 1. The third kappa shape index (κ3) is 3.09. The third-order valence-corrected chi connectivity index (χ3v) is 1.61. The van der Waals surface area contributed by atoms with E-state index in [4.69, 9.17) is 5.84 Å². The minimum Gasteiger partial charge on any atom is -0.291 e. The summed E-state index contributed by atoms with van der Waals surface area (Å²) in [4.78, 5) is 10.7. The lowest BCUT2D eigenvalue weighted by Gasteiger charge is -1.95. The summed E-state index contributed by atoms with van der Waals surface area (Å²) in [5, 5.41) is 0. The molecule has 0 saturated heterocycles. The molecule has 0 bridgehead atoms. The van der Waals surface area contributed by atoms with Crippen molar-refractivity contribution in [2.24, 2.45) is 5.84 Å². The number of hydrogen-bond acceptors (Lipinski definition) is 2. The van der Waals surface area contributed by atoms with Gasteiger partial charge in [0.25, 0.3) is 5.91 Å². The van der Waals surface area contributed by atoms with Gasteiger partial charge in [0, 0.05) is 6.08 Å². The van der Waals surface area contributed by atoms with Crippen molar-refractivity contribution >= 4 is 12.0 Å². The van der Waals surface area contributed by atoms with Gasteiger partial charge in [0.2, 0.25) is 0 Å². The summed E-state index contributed by atoms with van der Waals surface area (Å²) in [6.45, 7) is 2.00. The summed E-state index contributed by atoms with van der Waals surface area (Å²) in [5.41, 5.74) is 4.18. The van der Waals surface area contributed by atoms with Crippen LogP contribution in [-0.4, -0.2) is 5.91 Å². The molecule has 0 aliphatic heterocycles. The topological polar surface area (TPSA) is 55.1 Å².